The van der Waals surface area contributed by atoms with Crippen LogP contribution in [0.25, 0.3) is 0 Å². The number of anilines is 1. The van der Waals surface area contributed by atoms with Crippen LogP contribution in [0.2, 0.25) is 0 Å². The van der Waals surface area contributed by atoms with Crippen LogP contribution in [0.3, 0.4) is 0 Å². The van der Waals surface area contributed by atoms with E-state index in [1.54, 1.807) is 0 Å². The van der Waals surface area contributed by atoms with E-state index in [1.807, 2.05) is 26.1 Å². The van der Waals surface area contributed by atoms with E-state index < -0.39 is 0 Å². The number of hydrogen-bond acceptors (Lipinski definition) is 3. The van der Waals surface area contributed by atoms with Crippen LogP contribution >= 0.6 is 0 Å². The first-order chi connectivity index (χ1) is 9.43. The second-order valence-corrected chi connectivity index (χ2v) is 5.15. The second kappa shape index (κ2) is 7.49. The normalized spacial score (nSPS) is 21.1. The predicted octanol–water partition coefficient (Wildman–Crippen LogP) is 3.17. The number of likely N-dealkylation sites (tertiary alicyclic amines) is 1. The molecule has 2 fully saturated rings. The minimum Gasteiger partial charge on any atom is -0.357 e. The molecule has 0 N–H and O–H groups in total. The van der Waals surface area contributed by atoms with Crippen LogP contribution in [0.15, 0.2) is 24.4 Å². The molecule has 2 saturated heterocycles. The molecule has 0 amide bonds. The fraction of sp³-hybridized carbons (Fsp3) is 0.688. The van der Waals surface area contributed by atoms with Gasteiger partial charge in [0.2, 0.25) is 0 Å². The van der Waals surface area contributed by atoms with Gasteiger partial charge >= 0.3 is 0 Å². The minimum atomic E-state index is 0.831. The average molecular weight is 261 g/mol. The van der Waals surface area contributed by atoms with Crippen LogP contribution in [0, 0.1) is 0 Å². The molecule has 3 nitrogen and oxygen atoms in total. The molecule has 3 heterocycles. The zero-order chi connectivity index (χ0) is 13.5. The summed E-state index contributed by atoms with van der Waals surface area (Å²) in [7, 11) is 0. The van der Waals surface area contributed by atoms with Crippen molar-refractivity contribution in [1.82, 2.24) is 9.88 Å². The molecule has 1 aromatic heterocycles. The maximum atomic E-state index is 4.44. The Morgan fingerprint density at radius 3 is 2.26 bits per heavy atom. The molecule has 0 aliphatic carbocycles. The first-order valence-corrected chi connectivity index (χ1v) is 7.83. The van der Waals surface area contributed by atoms with E-state index in [4.69, 9.17) is 0 Å². The van der Waals surface area contributed by atoms with Gasteiger partial charge in [-0.05, 0) is 50.9 Å². The van der Waals surface area contributed by atoms with Crippen LogP contribution in [-0.2, 0) is 0 Å². The fourth-order valence-electron chi connectivity index (χ4n) is 3.11. The van der Waals surface area contributed by atoms with Crippen molar-refractivity contribution in [3.8, 4) is 0 Å². The Labute approximate surface area is 117 Å². The van der Waals surface area contributed by atoms with Crippen molar-refractivity contribution in [1.29, 1.82) is 0 Å². The van der Waals surface area contributed by atoms with E-state index in [9.17, 15) is 0 Å². The third kappa shape index (κ3) is 3.69. The highest BCUT2D eigenvalue weighted by molar-refractivity contribution is 5.38. The Hall–Kier alpha value is -1.09. The molecular weight excluding hydrogens is 234 g/mol. The third-order valence-corrected chi connectivity index (χ3v) is 4.09. The van der Waals surface area contributed by atoms with Gasteiger partial charge in [-0.2, -0.15) is 0 Å². The summed E-state index contributed by atoms with van der Waals surface area (Å²) >= 11 is 0. The van der Waals surface area contributed by atoms with Crippen molar-refractivity contribution >= 4 is 5.82 Å². The fourth-order valence-corrected chi connectivity index (χ4v) is 3.11. The van der Waals surface area contributed by atoms with E-state index in [0.29, 0.717) is 0 Å². The molecule has 0 radical (unpaired) electrons. The van der Waals surface area contributed by atoms with Gasteiger partial charge < -0.3 is 9.80 Å². The molecule has 0 bridgehead atoms. The van der Waals surface area contributed by atoms with E-state index >= 15 is 0 Å². The van der Waals surface area contributed by atoms with Gasteiger partial charge in [0.05, 0.1) is 0 Å². The molecule has 0 atom stereocenters. The Morgan fingerprint density at radius 1 is 1.00 bits per heavy atom. The molecule has 0 unspecified atom stereocenters. The summed E-state index contributed by atoms with van der Waals surface area (Å²) in [6.45, 7) is 8.98. The first kappa shape index (κ1) is 14.3. The van der Waals surface area contributed by atoms with Gasteiger partial charge in [0, 0.05) is 25.3 Å². The summed E-state index contributed by atoms with van der Waals surface area (Å²) in [5, 5.41) is 0. The number of hydrogen-bond donors (Lipinski definition) is 0. The molecule has 3 rings (SSSR count). The highest BCUT2D eigenvalue weighted by atomic mass is 15.2. The van der Waals surface area contributed by atoms with Crippen LogP contribution in [-0.4, -0.2) is 42.1 Å². The highest BCUT2D eigenvalue weighted by Gasteiger charge is 2.26. The smallest absolute Gasteiger partial charge is 0.128 e. The molecule has 0 aromatic carbocycles. The van der Waals surface area contributed by atoms with Gasteiger partial charge in [-0.15, -0.1) is 0 Å². The van der Waals surface area contributed by atoms with Gasteiger partial charge in [0.15, 0.2) is 0 Å². The number of nitrogens with zero attached hydrogens (tertiary/aromatic N) is 3. The summed E-state index contributed by atoms with van der Waals surface area (Å²) in [4.78, 5) is 9.55. The Kier molecular flexibility index (Phi) is 5.64. The third-order valence-electron chi connectivity index (χ3n) is 4.09. The van der Waals surface area contributed by atoms with Gasteiger partial charge in [0.1, 0.15) is 5.82 Å². The lowest BCUT2D eigenvalue weighted by Crippen LogP contribution is -2.44. The summed E-state index contributed by atoms with van der Waals surface area (Å²) < 4.78 is 0. The molecule has 19 heavy (non-hydrogen) atoms. The van der Waals surface area contributed by atoms with Crippen molar-refractivity contribution in [3.63, 3.8) is 0 Å². The van der Waals surface area contributed by atoms with Crippen LogP contribution in [0.4, 0.5) is 5.82 Å². The maximum absolute atomic E-state index is 4.44. The molecule has 106 valence electrons. The summed E-state index contributed by atoms with van der Waals surface area (Å²) in [6, 6.07) is 7.02. The summed E-state index contributed by atoms with van der Waals surface area (Å²) in [5.74, 6) is 1.15. The Balaban J connectivity index is 0.000000637. The monoisotopic (exact) mass is 261 g/mol. The van der Waals surface area contributed by atoms with E-state index in [2.05, 4.69) is 26.9 Å². The Bertz CT molecular complexity index is 338. The number of pyridine rings is 1. The molecule has 0 spiro atoms. The Morgan fingerprint density at radius 2 is 1.68 bits per heavy atom. The lowest BCUT2D eigenvalue weighted by molar-refractivity contribution is 0.207. The predicted molar refractivity (Wildman–Crippen MR) is 81.6 cm³/mol. The van der Waals surface area contributed by atoms with E-state index in [-0.39, 0.29) is 0 Å². The van der Waals surface area contributed by atoms with Gasteiger partial charge in [-0.3, -0.25) is 0 Å². The van der Waals surface area contributed by atoms with Crippen molar-refractivity contribution in [3.05, 3.63) is 24.4 Å². The van der Waals surface area contributed by atoms with Gasteiger partial charge in [-0.25, -0.2) is 4.98 Å². The van der Waals surface area contributed by atoms with Gasteiger partial charge in [-0.1, -0.05) is 19.9 Å². The topological polar surface area (TPSA) is 19.4 Å². The molecule has 0 saturated carbocycles. The number of aromatic nitrogens is 1. The van der Waals surface area contributed by atoms with Crippen molar-refractivity contribution in [2.24, 2.45) is 0 Å². The maximum Gasteiger partial charge on any atom is 0.128 e. The zero-order valence-electron chi connectivity index (χ0n) is 12.4. The lowest BCUT2D eigenvalue weighted by Gasteiger charge is -2.37. The number of rotatable bonds is 2. The van der Waals surface area contributed by atoms with Crippen LogP contribution in [0.5, 0.6) is 0 Å². The van der Waals surface area contributed by atoms with Gasteiger partial charge in [0.25, 0.3) is 0 Å². The molecular formula is C16H27N3. The molecule has 2 aliphatic rings. The molecule has 2 aliphatic heterocycles. The number of piperidine rings is 1. The van der Waals surface area contributed by atoms with E-state index in [0.717, 1.165) is 24.9 Å². The zero-order valence-corrected chi connectivity index (χ0v) is 12.4. The molecule has 3 heteroatoms. The van der Waals surface area contributed by atoms with Crippen LogP contribution in [0.1, 0.15) is 39.5 Å². The first-order valence-electron chi connectivity index (χ1n) is 7.83. The quantitative estimate of drug-likeness (QED) is 0.815. The van der Waals surface area contributed by atoms with Crippen molar-refractivity contribution in [2.45, 2.75) is 45.6 Å². The average Bonchev–Trinajstić information content (AvgIpc) is 3.05. The van der Waals surface area contributed by atoms with Crippen molar-refractivity contribution < 1.29 is 0 Å². The highest BCUT2D eigenvalue weighted by Crippen LogP contribution is 2.23. The lowest BCUT2D eigenvalue weighted by atomic mass is 10.0. The minimum absolute atomic E-state index is 0.831. The van der Waals surface area contributed by atoms with Crippen LogP contribution < -0.4 is 4.90 Å². The standard InChI is InChI=1S/C14H21N3.C2H6/c1-2-8-15-14(5-1)17-11-6-13(7-12-17)16-9-3-4-10-16;1-2/h1-2,5,8,13H,3-4,6-7,9-12H2;1-2H3. The SMILES string of the molecule is CC.c1ccc(N2CCC(N3CCCC3)CC2)nc1. The summed E-state index contributed by atoms with van der Waals surface area (Å²) in [6.07, 6.45) is 7.30. The van der Waals surface area contributed by atoms with E-state index in [1.165, 1.54) is 38.8 Å². The second-order valence-electron chi connectivity index (χ2n) is 5.15. The summed E-state index contributed by atoms with van der Waals surface area (Å²) in [5.41, 5.74) is 0. The molecule has 1 aromatic rings. The largest absolute Gasteiger partial charge is 0.357 e. The van der Waals surface area contributed by atoms with Crippen molar-refractivity contribution in [2.75, 3.05) is 31.1 Å².